The molecule has 1 aliphatic rings. The molecular weight excluding hydrogens is 336 g/mol. The highest BCUT2D eigenvalue weighted by Crippen LogP contribution is 2.28. The first-order chi connectivity index (χ1) is 13.1. The quantitative estimate of drug-likeness (QED) is 0.752. The molecule has 2 heterocycles. The minimum atomic E-state index is -0.104. The third-order valence-electron chi connectivity index (χ3n) is 5.09. The molecular formula is C22H22N4O. The van der Waals surface area contributed by atoms with Crippen molar-refractivity contribution in [1.82, 2.24) is 9.97 Å². The molecule has 0 spiro atoms. The maximum atomic E-state index is 12.9. The summed E-state index contributed by atoms with van der Waals surface area (Å²) in [5.41, 5.74) is 5.92. The molecule has 0 fully saturated rings. The van der Waals surface area contributed by atoms with Gasteiger partial charge in [0, 0.05) is 17.9 Å². The first-order valence-electron chi connectivity index (χ1n) is 9.18. The lowest BCUT2D eigenvalue weighted by atomic mass is 10.0. The number of para-hydroxylation sites is 1. The summed E-state index contributed by atoms with van der Waals surface area (Å²) in [7, 11) is 0. The van der Waals surface area contributed by atoms with Gasteiger partial charge in [0.25, 0.3) is 5.91 Å². The number of hydrogen-bond acceptors (Lipinski definition) is 4. The Balaban J connectivity index is 1.54. The number of fused-ring (bicyclic) bond motifs is 1. The first kappa shape index (κ1) is 17.2. The molecule has 1 amide bonds. The second-order valence-corrected chi connectivity index (χ2v) is 6.85. The smallest absolute Gasteiger partial charge is 0.278 e. The predicted molar refractivity (Wildman–Crippen MR) is 108 cm³/mol. The number of rotatable bonds is 3. The van der Waals surface area contributed by atoms with E-state index in [1.54, 1.807) is 17.3 Å². The Kier molecular flexibility index (Phi) is 4.59. The third kappa shape index (κ3) is 3.40. The molecule has 1 aliphatic heterocycles. The fourth-order valence-electron chi connectivity index (χ4n) is 3.41. The van der Waals surface area contributed by atoms with Gasteiger partial charge in [0.1, 0.15) is 11.5 Å². The highest BCUT2D eigenvalue weighted by atomic mass is 16.2. The zero-order valence-corrected chi connectivity index (χ0v) is 15.6. The molecule has 3 aromatic rings. The van der Waals surface area contributed by atoms with E-state index < -0.39 is 0 Å². The van der Waals surface area contributed by atoms with Gasteiger partial charge in [-0.3, -0.25) is 4.79 Å². The number of hydrogen-bond donors (Lipinski definition) is 1. The number of aromatic nitrogens is 2. The SMILES string of the molecule is Cc1cccc(Nc2cnc(C(=O)N3CCCc4ccccc43)cn2)c1C. The third-order valence-corrected chi connectivity index (χ3v) is 5.09. The van der Waals surface area contributed by atoms with Gasteiger partial charge in [0.05, 0.1) is 12.4 Å². The molecule has 5 nitrogen and oxygen atoms in total. The fourth-order valence-corrected chi connectivity index (χ4v) is 3.41. The van der Waals surface area contributed by atoms with Crippen molar-refractivity contribution in [3.05, 3.63) is 77.2 Å². The summed E-state index contributed by atoms with van der Waals surface area (Å²) in [4.78, 5) is 23.5. The van der Waals surface area contributed by atoms with Crippen molar-refractivity contribution in [3.8, 4) is 0 Å². The maximum Gasteiger partial charge on any atom is 0.278 e. The van der Waals surface area contributed by atoms with Crippen LogP contribution in [0.3, 0.4) is 0 Å². The Labute approximate surface area is 159 Å². The lowest BCUT2D eigenvalue weighted by Gasteiger charge is -2.29. The molecule has 4 rings (SSSR count). The molecule has 0 saturated heterocycles. The van der Waals surface area contributed by atoms with Crippen LogP contribution in [0.25, 0.3) is 0 Å². The van der Waals surface area contributed by atoms with Crippen molar-refractivity contribution in [1.29, 1.82) is 0 Å². The molecule has 27 heavy (non-hydrogen) atoms. The van der Waals surface area contributed by atoms with Crippen LogP contribution in [-0.2, 0) is 6.42 Å². The Morgan fingerprint density at radius 3 is 2.70 bits per heavy atom. The monoisotopic (exact) mass is 358 g/mol. The van der Waals surface area contributed by atoms with Crippen molar-refractivity contribution in [2.45, 2.75) is 26.7 Å². The molecule has 0 saturated carbocycles. The van der Waals surface area contributed by atoms with Crippen LogP contribution in [0.2, 0.25) is 0 Å². The summed E-state index contributed by atoms with van der Waals surface area (Å²) in [6.07, 6.45) is 5.13. The molecule has 0 radical (unpaired) electrons. The van der Waals surface area contributed by atoms with E-state index in [-0.39, 0.29) is 5.91 Å². The summed E-state index contributed by atoms with van der Waals surface area (Å²) in [6.45, 7) is 4.85. The Morgan fingerprint density at radius 2 is 1.89 bits per heavy atom. The van der Waals surface area contributed by atoms with Gasteiger partial charge < -0.3 is 10.2 Å². The second kappa shape index (κ2) is 7.19. The lowest BCUT2D eigenvalue weighted by molar-refractivity contribution is 0.0980. The van der Waals surface area contributed by atoms with Crippen LogP contribution >= 0.6 is 0 Å². The standard InChI is InChI=1S/C22H22N4O/c1-15-7-5-10-18(16(15)2)25-21-14-23-19(13-24-21)22(27)26-12-6-9-17-8-3-4-11-20(17)26/h3-5,7-8,10-11,13-14H,6,9,12H2,1-2H3,(H,24,25). The zero-order chi connectivity index (χ0) is 18.8. The second-order valence-electron chi connectivity index (χ2n) is 6.85. The predicted octanol–water partition coefficient (Wildman–Crippen LogP) is 4.43. The fraction of sp³-hybridized carbons (Fsp3) is 0.227. The van der Waals surface area contributed by atoms with Crippen LogP contribution in [0.1, 0.15) is 33.6 Å². The Bertz CT molecular complexity index is 982. The van der Waals surface area contributed by atoms with Gasteiger partial charge in [-0.05, 0) is 55.5 Å². The largest absolute Gasteiger partial charge is 0.339 e. The minimum Gasteiger partial charge on any atom is -0.339 e. The van der Waals surface area contributed by atoms with E-state index in [0.717, 1.165) is 24.2 Å². The van der Waals surface area contributed by atoms with Crippen LogP contribution in [0, 0.1) is 13.8 Å². The van der Waals surface area contributed by atoms with E-state index in [1.807, 2.05) is 30.3 Å². The van der Waals surface area contributed by atoms with E-state index in [4.69, 9.17) is 0 Å². The number of benzene rings is 2. The zero-order valence-electron chi connectivity index (χ0n) is 15.6. The molecule has 2 aromatic carbocycles. The van der Waals surface area contributed by atoms with E-state index >= 15 is 0 Å². The van der Waals surface area contributed by atoms with E-state index in [2.05, 4.69) is 41.3 Å². The van der Waals surface area contributed by atoms with Crippen molar-refractivity contribution < 1.29 is 4.79 Å². The number of anilines is 3. The lowest BCUT2D eigenvalue weighted by Crippen LogP contribution is -2.36. The van der Waals surface area contributed by atoms with Crippen LogP contribution in [0.4, 0.5) is 17.2 Å². The van der Waals surface area contributed by atoms with Crippen LogP contribution in [-0.4, -0.2) is 22.4 Å². The molecule has 136 valence electrons. The highest BCUT2D eigenvalue weighted by Gasteiger charge is 2.24. The normalized spacial score (nSPS) is 13.2. The minimum absolute atomic E-state index is 0.104. The number of carbonyl (C=O) groups excluding carboxylic acids is 1. The molecule has 1 aromatic heterocycles. The molecule has 5 heteroatoms. The average molecular weight is 358 g/mol. The van der Waals surface area contributed by atoms with Gasteiger partial charge in [-0.2, -0.15) is 0 Å². The van der Waals surface area contributed by atoms with Crippen molar-refractivity contribution in [2.75, 3.05) is 16.8 Å². The Hall–Kier alpha value is -3.21. The van der Waals surface area contributed by atoms with E-state index in [1.165, 1.54) is 16.7 Å². The van der Waals surface area contributed by atoms with Gasteiger partial charge in [-0.25, -0.2) is 9.97 Å². The van der Waals surface area contributed by atoms with Gasteiger partial charge >= 0.3 is 0 Å². The van der Waals surface area contributed by atoms with Crippen LogP contribution in [0.15, 0.2) is 54.9 Å². The highest BCUT2D eigenvalue weighted by molar-refractivity contribution is 6.05. The van der Waals surface area contributed by atoms with E-state index in [9.17, 15) is 4.79 Å². The van der Waals surface area contributed by atoms with Gasteiger partial charge in [0.2, 0.25) is 0 Å². The summed E-state index contributed by atoms with van der Waals surface area (Å²) < 4.78 is 0. The first-order valence-corrected chi connectivity index (χ1v) is 9.18. The van der Waals surface area contributed by atoms with E-state index in [0.29, 0.717) is 18.1 Å². The average Bonchev–Trinajstić information content (AvgIpc) is 2.71. The summed E-state index contributed by atoms with van der Waals surface area (Å²) in [6, 6.07) is 14.1. The number of nitrogens with zero attached hydrogens (tertiary/aromatic N) is 3. The maximum absolute atomic E-state index is 12.9. The number of carbonyl (C=O) groups is 1. The number of nitrogens with one attached hydrogen (secondary N) is 1. The van der Waals surface area contributed by atoms with Crippen LogP contribution < -0.4 is 10.2 Å². The van der Waals surface area contributed by atoms with Crippen molar-refractivity contribution in [2.24, 2.45) is 0 Å². The van der Waals surface area contributed by atoms with Gasteiger partial charge in [-0.1, -0.05) is 30.3 Å². The van der Waals surface area contributed by atoms with Gasteiger partial charge in [0.15, 0.2) is 0 Å². The molecule has 0 unspecified atom stereocenters. The van der Waals surface area contributed by atoms with Crippen molar-refractivity contribution >= 4 is 23.1 Å². The van der Waals surface area contributed by atoms with Crippen molar-refractivity contribution in [3.63, 3.8) is 0 Å². The molecule has 0 aliphatic carbocycles. The molecule has 0 atom stereocenters. The molecule has 1 N–H and O–H groups in total. The summed E-state index contributed by atoms with van der Waals surface area (Å²) >= 11 is 0. The van der Waals surface area contributed by atoms with Gasteiger partial charge in [-0.15, -0.1) is 0 Å². The summed E-state index contributed by atoms with van der Waals surface area (Å²) in [5.74, 6) is 0.521. The number of aryl methyl sites for hydroxylation is 2. The summed E-state index contributed by atoms with van der Waals surface area (Å²) in [5, 5.41) is 3.28. The van der Waals surface area contributed by atoms with Crippen LogP contribution in [0.5, 0.6) is 0 Å². The topological polar surface area (TPSA) is 58.1 Å². The molecule has 0 bridgehead atoms. The Morgan fingerprint density at radius 1 is 1.04 bits per heavy atom. The number of amides is 1.